The van der Waals surface area contributed by atoms with Crippen molar-refractivity contribution in [2.24, 2.45) is 0 Å². The first-order valence-electron chi connectivity index (χ1n) is 9.64. The highest BCUT2D eigenvalue weighted by molar-refractivity contribution is 5.76. The highest BCUT2D eigenvalue weighted by Gasteiger charge is 2.13. The first-order chi connectivity index (χ1) is 14.0. The van der Waals surface area contributed by atoms with E-state index in [9.17, 15) is 9.18 Å². The Morgan fingerprint density at radius 1 is 1.14 bits per heavy atom. The van der Waals surface area contributed by atoms with Gasteiger partial charge in [-0.1, -0.05) is 36.4 Å². The Balaban J connectivity index is 1.55. The Morgan fingerprint density at radius 3 is 2.59 bits per heavy atom. The molecule has 0 unspecified atom stereocenters. The largest absolute Gasteiger partial charge is 0.494 e. The van der Waals surface area contributed by atoms with Crippen molar-refractivity contribution in [1.82, 2.24) is 15.1 Å². The number of rotatable bonds is 8. The lowest BCUT2D eigenvalue weighted by Gasteiger charge is -2.08. The highest BCUT2D eigenvalue weighted by atomic mass is 19.1. The Labute approximate surface area is 170 Å². The second-order valence-corrected chi connectivity index (χ2v) is 7.04. The van der Waals surface area contributed by atoms with Crippen molar-refractivity contribution in [3.63, 3.8) is 0 Å². The number of nitrogens with one attached hydrogen (secondary N) is 1. The van der Waals surface area contributed by atoms with Crippen LogP contribution in [0.15, 0.2) is 48.5 Å². The zero-order valence-electron chi connectivity index (χ0n) is 17.0. The first-order valence-corrected chi connectivity index (χ1v) is 9.64. The molecule has 0 aliphatic rings. The third kappa shape index (κ3) is 5.22. The van der Waals surface area contributed by atoms with Gasteiger partial charge in [0, 0.05) is 24.2 Å². The van der Waals surface area contributed by atoms with Gasteiger partial charge in [0.2, 0.25) is 5.91 Å². The van der Waals surface area contributed by atoms with E-state index in [0.717, 1.165) is 22.5 Å². The van der Waals surface area contributed by atoms with Crippen molar-refractivity contribution in [2.75, 3.05) is 7.11 Å². The third-order valence-corrected chi connectivity index (χ3v) is 5.03. The minimum Gasteiger partial charge on any atom is -0.494 e. The molecule has 0 radical (unpaired) electrons. The number of nitrogens with zero attached hydrogens (tertiary/aromatic N) is 2. The molecule has 152 valence electrons. The van der Waals surface area contributed by atoms with Gasteiger partial charge in [-0.05, 0) is 43.5 Å². The topological polar surface area (TPSA) is 56.1 Å². The van der Waals surface area contributed by atoms with Gasteiger partial charge in [0.1, 0.15) is 0 Å². The van der Waals surface area contributed by atoms with Crippen LogP contribution in [0.3, 0.4) is 0 Å². The summed E-state index contributed by atoms with van der Waals surface area (Å²) in [6.45, 7) is 5.10. The highest BCUT2D eigenvalue weighted by Crippen LogP contribution is 2.19. The number of aryl methyl sites for hydroxylation is 2. The van der Waals surface area contributed by atoms with Crippen LogP contribution in [-0.4, -0.2) is 22.8 Å². The van der Waals surface area contributed by atoms with Crippen molar-refractivity contribution < 1.29 is 13.9 Å². The van der Waals surface area contributed by atoms with Gasteiger partial charge in [0.05, 0.1) is 19.3 Å². The number of ether oxygens (including phenoxy) is 1. The minimum atomic E-state index is -0.414. The van der Waals surface area contributed by atoms with E-state index in [1.165, 1.54) is 18.7 Å². The van der Waals surface area contributed by atoms with Gasteiger partial charge < -0.3 is 10.1 Å². The quantitative estimate of drug-likeness (QED) is 0.628. The van der Waals surface area contributed by atoms with Crippen LogP contribution in [-0.2, 0) is 24.3 Å². The van der Waals surface area contributed by atoms with Crippen LogP contribution in [0.25, 0.3) is 0 Å². The van der Waals surface area contributed by atoms with E-state index in [-0.39, 0.29) is 11.7 Å². The fraction of sp³-hybridized carbons (Fsp3) is 0.304. The van der Waals surface area contributed by atoms with E-state index in [1.807, 2.05) is 36.7 Å². The Morgan fingerprint density at radius 2 is 1.90 bits per heavy atom. The molecule has 0 aliphatic carbocycles. The van der Waals surface area contributed by atoms with Crippen LogP contribution >= 0.6 is 0 Å². The second-order valence-electron chi connectivity index (χ2n) is 7.04. The molecule has 0 saturated heterocycles. The zero-order valence-corrected chi connectivity index (χ0v) is 17.0. The molecule has 3 rings (SSSR count). The monoisotopic (exact) mass is 395 g/mol. The number of hydrogen-bond donors (Lipinski definition) is 1. The fourth-order valence-corrected chi connectivity index (χ4v) is 3.30. The van der Waals surface area contributed by atoms with Gasteiger partial charge in [-0.3, -0.25) is 9.48 Å². The molecule has 0 aliphatic heterocycles. The van der Waals surface area contributed by atoms with Gasteiger partial charge in [-0.2, -0.15) is 5.10 Å². The number of halogens is 1. The number of carbonyl (C=O) groups is 1. The number of amides is 1. The summed E-state index contributed by atoms with van der Waals surface area (Å²) in [6, 6.07) is 14.9. The van der Waals surface area contributed by atoms with E-state index in [4.69, 9.17) is 4.74 Å². The lowest BCUT2D eigenvalue weighted by atomic mass is 10.1. The standard InChI is InChI=1S/C23H26FN3O2/c1-16-20(17(2)27(26-16)15-19-7-5-4-6-8-19)14-25-23(28)12-10-18-9-11-22(29-3)21(24)13-18/h4-9,11,13H,10,12,14-15H2,1-3H3,(H,25,28). The Hall–Kier alpha value is -3.15. The maximum Gasteiger partial charge on any atom is 0.220 e. The first kappa shape index (κ1) is 20.6. The number of aromatic nitrogens is 2. The smallest absolute Gasteiger partial charge is 0.220 e. The van der Waals surface area contributed by atoms with E-state index >= 15 is 0 Å². The summed E-state index contributed by atoms with van der Waals surface area (Å²) in [5, 5.41) is 7.57. The van der Waals surface area contributed by atoms with Crippen molar-refractivity contribution >= 4 is 5.91 Å². The molecule has 1 amide bonds. The maximum atomic E-state index is 13.8. The van der Waals surface area contributed by atoms with Crippen LogP contribution in [0.2, 0.25) is 0 Å². The lowest BCUT2D eigenvalue weighted by molar-refractivity contribution is -0.121. The van der Waals surface area contributed by atoms with Crippen LogP contribution in [0.5, 0.6) is 5.75 Å². The summed E-state index contributed by atoms with van der Waals surface area (Å²) in [5.41, 5.74) is 4.94. The molecule has 1 aromatic heterocycles. The molecule has 6 heteroatoms. The average molecular weight is 395 g/mol. The van der Waals surface area contributed by atoms with Crippen molar-refractivity contribution in [3.8, 4) is 5.75 Å². The molecule has 29 heavy (non-hydrogen) atoms. The van der Waals surface area contributed by atoms with Crippen LogP contribution in [0, 0.1) is 19.7 Å². The summed E-state index contributed by atoms with van der Waals surface area (Å²) in [5.74, 6) is -0.282. The average Bonchev–Trinajstić information content (AvgIpc) is 2.98. The molecule has 2 aromatic carbocycles. The van der Waals surface area contributed by atoms with Crippen LogP contribution in [0.4, 0.5) is 4.39 Å². The van der Waals surface area contributed by atoms with E-state index < -0.39 is 5.82 Å². The summed E-state index contributed by atoms with van der Waals surface area (Å²) >= 11 is 0. The van der Waals surface area contributed by atoms with Gasteiger partial charge in [-0.15, -0.1) is 0 Å². The number of benzene rings is 2. The Bertz CT molecular complexity index is 983. The zero-order chi connectivity index (χ0) is 20.8. The lowest BCUT2D eigenvalue weighted by Crippen LogP contribution is -2.23. The van der Waals surface area contributed by atoms with E-state index in [1.54, 1.807) is 12.1 Å². The van der Waals surface area contributed by atoms with Gasteiger partial charge in [0.15, 0.2) is 11.6 Å². The normalized spacial score (nSPS) is 10.8. The maximum absolute atomic E-state index is 13.8. The molecular formula is C23H26FN3O2. The van der Waals surface area contributed by atoms with Crippen molar-refractivity contribution in [3.05, 3.63) is 82.4 Å². The number of carbonyl (C=O) groups excluding carboxylic acids is 1. The van der Waals surface area contributed by atoms with Gasteiger partial charge in [-0.25, -0.2) is 4.39 Å². The van der Waals surface area contributed by atoms with Crippen LogP contribution < -0.4 is 10.1 Å². The SMILES string of the molecule is COc1ccc(CCC(=O)NCc2c(C)nn(Cc3ccccc3)c2C)cc1F. The van der Waals surface area contributed by atoms with E-state index in [0.29, 0.717) is 25.9 Å². The molecule has 0 bridgehead atoms. The molecule has 5 nitrogen and oxygen atoms in total. The van der Waals surface area contributed by atoms with Crippen molar-refractivity contribution in [1.29, 1.82) is 0 Å². The Kier molecular flexibility index (Phi) is 6.65. The molecular weight excluding hydrogens is 369 g/mol. The summed E-state index contributed by atoms with van der Waals surface area (Å²) in [7, 11) is 1.43. The molecule has 0 atom stereocenters. The number of methoxy groups -OCH3 is 1. The molecule has 0 spiro atoms. The van der Waals surface area contributed by atoms with Gasteiger partial charge >= 0.3 is 0 Å². The second kappa shape index (κ2) is 9.37. The summed E-state index contributed by atoms with van der Waals surface area (Å²) < 4.78 is 20.6. The minimum absolute atomic E-state index is 0.0733. The van der Waals surface area contributed by atoms with Gasteiger partial charge in [0.25, 0.3) is 0 Å². The molecule has 3 aromatic rings. The number of hydrogen-bond acceptors (Lipinski definition) is 3. The third-order valence-electron chi connectivity index (χ3n) is 5.03. The predicted octanol–water partition coefficient (Wildman–Crippen LogP) is 3.94. The fourth-order valence-electron chi connectivity index (χ4n) is 3.30. The molecule has 0 fully saturated rings. The van der Waals surface area contributed by atoms with Crippen LogP contribution in [0.1, 0.15) is 34.5 Å². The van der Waals surface area contributed by atoms with E-state index in [2.05, 4.69) is 22.5 Å². The summed E-state index contributed by atoms with van der Waals surface area (Å²) in [6.07, 6.45) is 0.764. The molecule has 1 heterocycles. The molecule has 0 saturated carbocycles. The summed E-state index contributed by atoms with van der Waals surface area (Å²) in [4.78, 5) is 12.3. The molecule has 1 N–H and O–H groups in total. The van der Waals surface area contributed by atoms with Crippen molar-refractivity contribution in [2.45, 2.75) is 39.8 Å². The predicted molar refractivity (Wildman–Crippen MR) is 110 cm³/mol.